The largest absolute Gasteiger partial charge is 0.348 e. The summed E-state index contributed by atoms with van der Waals surface area (Å²) in [5.74, 6) is -0.344. The number of hydrogen-bond acceptors (Lipinski definition) is 2. The van der Waals surface area contributed by atoms with Crippen LogP contribution in [0.25, 0.3) is 0 Å². The summed E-state index contributed by atoms with van der Waals surface area (Å²) in [6.45, 7) is 3.82. The van der Waals surface area contributed by atoms with E-state index in [4.69, 9.17) is 0 Å². The molecule has 0 unspecified atom stereocenters. The number of carbonyl (C=O) groups is 1. The molecule has 2 rings (SSSR count). The number of benzene rings is 1. The van der Waals surface area contributed by atoms with Crippen LogP contribution in [0, 0.1) is 19.7 Å². The van der Waals surface area contributed by atoms with Gasteiger partial charge >= 0.3 is 0 Å². The van der Waals surface area contributed by atoms with Gasteiger partial charge in [-0.2, -0.15) is 0 Å². The molecule has 1 heterocycles. The van der Waals surface area contributed by atoms with Gasteiger partial charge in [0.15, 0.2) is 0 Å². The summed E-state index contributed by atoms with van der Waals surface area (Å²) in [5.41, 5.74) is 2.67. The molecule has 0 radical (unpaired) electrons. The van der Waals surface area contributed by atoms with E-state index in [2.05, 4.69) is 37.2 Å². The fourth-order valence-electron chi connectivity index (χ4n) is 1.91. The molecule has 20 heavy (non-hydrogen) atoms. The molecule has 1 amide bonds. The van der Waals surface area contributed by atoms with Crippen molar-refractivity contribution in [2.75, 3.05) is 0 Å². The third-order valence-electron chi connectivity index (χ3n) is 2.85. The van der Waals surface area contributed by atoms with Gasteiger partial charge in [0, 0.05) is 6.54 Å². The number of halogens is 3. The maximum Gasteiger partial charge on any atom is 0.253 e. The van der Waals surface area contributed by atoms with E-state index < -0.39 is 0 Å². The van der Waals surface area contributed by atoms with Crippen molar-refractivity contribution in [2.45, 2.75) is 20.4 Å². The van der Waals surface area contributed by atoms with Gasteiger partial charge < -0.3 is 5.32 Å². The maximum absolute atomic E-state index is 13.5. The second-order valence-corrected chi connectivity index (χ2v) is 8.21. The summed E-state index contributed by atoms with van der Waals surface area (Å²) in [7, 11) is 0. The number of carbonyl (C=O) groups excluding carboxylic acids is 1. The molecule has 0 atom stereocenters. The average molecular weight is 421 g/mol. The normalized spacial score (nSPS) is 10.7. The number of thiophene rings is 1. The summed E-state index contributed by atoms with van der Waals surface area (Å²) >= 11 is 8.14. The molecule has 0 fully saturated rings. The fourth-order valence-corrected chi connectivity index (χ4v) is 4.70. The van der Waals surface area contributed by atoms with Crippen molar-refractivity contribution in [3.8, 4) is 0 Å². The summed E-state index contributed by atoms with van der Waals surface area (Å²) in [4.78, 5) is 12.1. The van der Waals surface area contributed by atoms with Crippen molar-refractivity contribution in [3.63, 3.8) is 0 Å². The summed E-state index contributed by atoms with van der Waals surface area (Å²) < 4.78 is 15.2. The molecule has 0 saturated heterocycles. The molecule has 1 aromatic carbocycles. The zero-order valence-corrected chi connectivity index (χ0v) is 14.9. The van der Waals surface area contributed by atoms with Crippen LogP contribution in [-0.4, -0.2) is 5.91 Å². The second kappa shape index (κ2) is 6.37. The van der Waals surface area contributed by atoms with E-state index in [0.717, 1.165) is 13.1 Å². The van der Waals surface area contributed by atoms with E-state index in [1.807, 2.05) is 0 Å². The van der Waals surface area contributed by atoms with Gasteiger partial charge in [-0.05, 0) is 68.5 Å². The Morgan fingerprint density at radius 2 is 1.85 bits per heavy atom. The van der Waals surface area contributed by atoms with E-state index in [-0.39, 0.29) is 11.7 Å². The lowest BCUT2D eigenvalue weighted by Crippen LogP contribution is -2.22. The van der Waals surface area contributed by atoms with E-state index in [9.17, 15) is 9.18 Å². The minimum absolute atomic E-state index is 0.154. The summed E-state index contributed by atoms with van der Waals surface area (Å²) in [6, 6.07) is 5.27. The van der Waals surface area contributed by atoms with E-state index in [1.165, 1.54) is 11.3 Å². The monoisotopic (exact) mass is 419 g/mol. The Hall–Kier alpha value is -0.720. The number of aryl methyl sites for hydroxylation is 2. The Kier molecular flexibility index (Phi) is 4.99. The molecule has 0 aliphatic carbocycles. The molecular weight excluding hydrogens is 409 g/mol. The third kappa shape index (κ3) is 3.48. The van der Waals surface area contributed by atoms with Crippen LogP contribution < -0.4 is 5.32 Å². The lowest BCUT2D eigenvalue weighted by Gasteiger charge is -2.08. The quantitative estimate of drug-likeness (QED) is 0.746. The predicted octanol–water partition coefficient (Wildman–Crippen LogP) is 4.96. The Bertz CT molecular complexity index is 646. The van der Waals surface area contributed by atoms with Crippen molar-refractivity contribution in [1.82, 2.24) is 5.32 Å². The predicted molar refractivity (Wildman–Crippen MR) is 86.8 cm³/mol. The van der Waals surface area contributed by atoms with Crippen molar-refractivity contribution < 1.29 is 9.18 Å². The minimum Gasteiger partial charge on any atom is -0.348 e. The molecular formula is C14H12Br2FNOS. The van der Waals surface area contributed by atoms with Gasteiger partial charge in [0.05, 0.1) is 13.1 Å². The number of rotatable bonds is 3. The number of nitrogens with one attached hydrogen (secondary N) is 1. The fraction of sp³-hybridized carbons (Fsp3) is 0.214. The first-order chi connectivity index (χ1) is 9.38. The SMILES string of the molecule is Cc1cc(CNC(=O)c2cc(Br)sc2Br)cc(C)c1F. The minimum atomic E-state index is -0.190. The van der Waals surface area contributed by atoms with E-state index in [1.54, 1.807) is 32.0 Å². The number of hydrogen-bond donors (Lipinski definition) is 1. The van der Waals surface area contributed by atoms with Crippen molar-refractivity contribution in [2.24, 2.45) is 0 Å². The molecule has 0 saturated carbocycles. The van der Waals surface area contributed by atoms with Crippen LogP contribution in [0.5, 0.6) is 0 Å². The van der Waals surface area contributed by atoms with Crippen LogP contribution in [0.4, 0.5) is 4.39 Å². The van der Waals surface area contributed by atoms with Gasteiger partial charge in [0.25, 0.3) is 5.91 Å². The molecule has 1 aromatic heterocycles. The number of amides is 1. The van der Waals surface area contributed by atoms with Crippen molar-refractivity contribution >= 4 is 49.1 Å². The summed E-state index contributed by atoms with van der Waals surface area (Å²) in [5, 5.41) is 2.84. The van der Waals surface area contributed by atoms with Gasteiger partial charge in [-0.25, -0.2) is 4.39 Å². The van der Waals surface area contributed by atoms with E-state index >= 15 is 0 Å². The highest BCUT2D eigenvalue weighted by atomic mass is 79.9. The van der Waals surface area contributed by atoms with Gasteiger partial charge in [-0.15, -0.1) is 11.3 Å². The van der Waals surface area contributed by atoms with Gasteiger partial charge in [-0.3, -0.25) is 4.79 Å². The molecule has 6 heteroatoms. The molecule has 1 N–H and O–H groups in total. The molecule has 0 aliphatic heterocycles. The zero-order valence-electron chi connectivity index (χ0n) is 10.9. The topological polar surface area (TPSA) is 29.1 Å². The Balaban J connectivity index is 2.09. The highest BCUT2D eigenvalue weighted by Crippen LogP contribution is 2.31. The van der Waals surface area contributed by atoms with Crippen LogP contribution in [0.15, 0.2) is 25.8 Å². The molecule has 2 aromatic rings. The molecule has 0 bridgehead atoms. The highest BCUT2D eigenvalue weighted by Gasteiger charge is 2.13. The summed E-state index contributed by atoms with van der Waals surface area (Å²) in [6.07, 6.45) is 0. The lowest BCUT2D eigenvalue weighted by molar-refractivity contribution is 0.0950. The average Bonchev–Trinajstić information content (AvgIpc) is 2.72. The standard InChI is InChI=1S/C14H12Br2FNOS/c1-7-3-9(4-8(2)12(7)17)6-18-14(19)10-5-11(15)20-13(10)16/h3-5H,6H2,1-2H3,(H,18,19). The smallest absolute Gasteiger partial charge is 0.253 e. The van der Waals surface area contributed by atoms with E-state index in [0.29, 0.717) is 23.2 Å². The Morgan fingerprint density at radius 1 is 1.25 bits per heavy atom. The van der Waals surface area contributed by atoms with Crippen molar-refractivity contribution in [3.05, 3.63) is 53.8 Å². The van der Waals surface area contributed by atoms with Crippen LogP contribution in [0.2, 0.25) is 0 Å². The first-order valence-electron chi connectivity index (χ1n) is 5.87. The van der Waals surface area contributed by atoms with Crippen LogP contribution in [-0.2, 0) is 6.54 Å². The van der Waals surface area contributed by atoms with Gasteiger partial charge in [0.2, 0.25) is 0 Å². The van der Waals surface area contributed by atoms with Crippen molar-refractivity contribution in [1.29, 1.82) is 0 Å². The first-order valence-corrected chi connectivity index (χ1v) is 8.27. The third-order valence-corrected chi connectivity index (χ3v) is 5.19. The molecule has 0 aliphatic rings. The van der Waals surface area contributed by atoms with Gasteiger partial charge in [0.1, 0.15) is 5.82 Å². The maximum atomic E-state index is 13.5. The van der Waals surface area contributed by atoms with Crippen LogP contribution in [0.1, 0.15) is 27.0 Å². The molecule has 2 nitrogen and oxygen atoms in total. The highest BCUT2D eigenvalue weighted by molar-refractivity contribution is 9.12. The second-order valence-electron chi connectivity index (χ2n) is 4.46. The first kappa shape index (κ1) is 15.7. The molecule has 106 valence electrons. The Morgan fingerprint density at radius 3 is 2.35 bits per heavy atom. The molecule has 0 spiro atoms. The van der Waals surface area contributed by atoms with Crippen LogP contribution >= 0.6 is 43.2 Å². The Labute approximate surface area is 137 Å². The zero-order chi connectivity index (χ0) is 14.9. The van der Waals surface area contributed by atoms with Crippen LogP contribution in [0.3, 0.4) is 0 Å². The lowest BCUT2D eigenvalue weighted by atomic mass is 10.1. The van der Waals surface area contributed by atoms with Gasteiger partial charge in [-0.1, -0.05) is 12.1 Å².